The van der Waals surface area contributed by atoms with E-state index in [1.807, 2.05) is 17.5 Å². The molecule has 0 spiro atoms. The summed E-state index contributed by atoms with van der Waals surface area (Å²) in [5.74, 6) is -0.462. The molecule has 0 saturated carbocycles. The monoisotopic (exact) mass is 344 g/mol. The van der Waals surface area contributed by atoms with Crippen LogP contribution in [0.25, 0.3) is 6.08 Å². The Morgan fingerprint density at radius 2 is 2.13 bits per heavy atom. The number of carbonyl (C=O) groups is 1. The van der Waals surface area contributed by atoms with Crippen LogP contribution in [0.5, 0.6) is 0 Å². The van der Waals surface area contributed by atoms with E-state index in [2.05, 4.69) is 10.3 Å². The number of benzene rings is 1. The molecule has 0 atom stereocenters. The van der Waals surface area contributed by atoms with Gasteiger partial charge in [0.1, 0.15) is 5.82 Å². The number of thiophene rings is 1. The molecular formula is C17H13FN2OS2. The van der Waals surface area contributed by atoms with Crippen molar-refractivity contribution in [3.8, 4) is 0 Å². The standard InChI is InChI=1S/C17H13FN2OS2/c18-15-6-2-1-4-12(15)10-14-11-19-17(23-14)20-16(21)8-7-13-5-3-9-22-13/h1-9,11H,10H2,(H,19,20,21)/b8-7+. The summed E-state index contributed by atoms with van der Waals surface area (Å²) in [6.07, 6.45) is 5.36. The largest absolute Gasteiger partial charge is 0.298 e. The van der Waals surface area contributed by atoms with Crippen LogP contribution < -0.4 is 5.32 Å². The van der Waals surface area contributed by atoms with Gasteiger partial charge in [0.05, 0.1) is 0 Å². The van der Waals surface area contributed by atoms with Gasteiger partial charge in [-0.1, -0.05) is 24.3 Å². The summed E-state index contributed by atoms with van der Waals surface area (Å²) in [7, 11) is 0. The summed E-state index contributed by atoms with van der Waals surface area (Å²) in [4.78, 5) is 17.9. The Bertz CT molecular complexity index is 825. The Labute approximate surface area is 141 Å². The molecule has 116 valence electrons. The molecule has 0 unspecified atom stereocenters. The van der Waals surface area contributed by atoms with E-state index in [0.29, 0.717) is 17.1 Å². The molecule has 3 rings (SSSR count). The maximum atomic E-state index is 13.6. The third-order valence-corrected chi connectivity index (χ3v) is 4.80. The summed E-state index contributed by atoms with van der Waals surface area (Å²) >= 11 is 2.91. The minimum atomic E-state index is -0.231. The quantitative estimate of drug-likeness (QED) is 0.688. The van der Waals surface area contributed by atoms with Crippen LogP contribution in [0.3, 0.4) is 0 Å². The number of carbonyl (C=O) groups excluding carboxylic acids is 1. The van der Waals surface area contributed by atoms with Crippen molar-refractivity contribution >= 4 is 39.8 Å². The third kappa shape index (κ3) is 4.34. The number of nitrogens with zero attached hydrogens (tertiary/aromatic N) is 1. The van der Waals surface area contributed by atoms with Gasteiger partial charge in [-0.2, -0.15) is 0 Å². The van der Waals surface area contributed by atoms with Crippen molar-refractivity contribution in [1.82, 2.24) is 4.98 Å². The zero-order chi connectivity index (χ0) is 16.1. The average Bonchev–Trinajstić information content (AvgIpc) is 3.19. The van der Waals surface area contributed by atoms with Crippen LogP contribution in [0.15, 0.2) is 54.1 Å². The topological polar surface area (TPSA) is 42.0 Å². The van der Waals surface area contributed by atoms with Gasteiger partial charge in [0.15, 0.2) is 5.13 Å². The lowest BCUT2D eigenvalue weighted by atomic mass is 10.1. The third-order valence-electron chi connectivity index (χ3n) is 3.05. The Balaban J connectivity index is 1.61. The van der Waals surface area contributed by atoms with E-state index in [0.717, 1.165) is 9.75 Å². The average molecular weight is 344 g/mol. The number of thiazole rings is 1. The van der Waals surface area contributed by atoms with Gasteiger partial charge in [-0.25, -0.2) is 9.37 Å². The molecule has 23 heavy (non-hydrogen) atoms. The minimum absolute atomic E-state index is 0.231. The van der Waals surface area contributed by atoms with E-state index in [9.17, 15) is 9.18 Å². The normalized spacial score (nSPS) is 11.0. The highest BCUT2D eigenvalue weighted by atomic mass is 32.1. The first-order chi connectivity index (χ1) is 11.2. The van der Waals surface area contributed by atoms with Gasteiger partial charge in [0.25, 0.3) is 0 Å². The summed E-state index contributed by atoms with van der Waals surface area (Å²) < 4.78 is 13.6. The highest BCUT2D eigenvalue weighted by Gasteiger charge is 2.07. The molecule has 0 fully saturated rings. The van der Waals surface area contributed by atoms with E-state index in [4.69, 9.17) is 0 Å². The molecule has 1 N–H and O–H groups in total. The summed E-state index contributed by atoms with van der Waals surface area (Å²) in [6.45, 7) is 0. The van der Waals surface area contributed by atoms with Gasteiger partial charge >= 0.3 is 0 Å². The Hall–Kier alpha value is -2.31. The summed E-state index contributed by atoms with van der Waals surface area (Å²) in [5, 5.41) is 5.18. The summed E-state index contributed by atoms with van der Waals surface area (Å²) in [6, 6.07) is 10.5. The van der Waals surface area contributed by atoms with Gasteiger partial charge < -0.3 is 0 Å². The van der Waals surface area contributed by atoms with Gasteiger partial charge in [0.2, 0.25) is 5.91 Å². The van der Waals surface area contributed by atoms with Crippen LogP contribution in [0, 0.1) is 5.82 Å². The fraction of sp³-hybridized carbons (Fsp3) is 0.0588. The molecule has 2 heterocycles. The van der Waals surface area contributed by atoms with Gasteiger partial charge in [-0.05, 0) is 29.2 Å². The number of hydrogen-bond donors (Lipinski definition) is 1. The molecule has 0 aliphatic carbocycles. The molecule has 3 aromatic rings. The number of nitrogens with one attached hydrogen (secondary N) is 1. The van der Waals surface area contributed by atoms with E-state index in [1.165, 1.54) is 23.5 Å². The van der Waals surface area contributed by atoms with Gasteiger partial charge in [0, 0.05) is 28.4 Å². The molecule has 0 aliphatic heterocycles. The lowest BCUT2D eigenvalue weighted by molar-refractivity contribution is -0.111. The molecule has 1 amide bonds. The van der Waals surface area contributed by atoms with Crippen molar-refractivity contribution in [2.24, 2.45) is 0 Å². The number of aromatic nitrogens is 1. The molecule has 0 aliphatic rings. The second kappa shape index (κ2) is 7.30. The molecule has 3 nitrogen and oxygen atoms in total. The maximum Gasteiger partial charge on any atom is 0.250 e. The molecular weight excluding hydrogens is 331 g/mol. The van der Waals surface area contributed by atoms with E-state index in [1.54, 1.807) is 41.8 Å². The Morgan fingerprint density at radius 1 is 1.26 bits per heavy atom. The number of amides is 1. The van der Waals surface area contributed by atoms with Crippen LogP contribution in [-0.4, -0.2) is 10.9 Å². The fourth-order valence-electron chi connectivity index (χ4n) is 1.97. The first kappa shape index (κ1) is 15.6. The smallest absolute Gasteiger partial charge is 0.250 e. The van der Waals surface area contributed by atoms with Crippen LogP contribution in [-0.2, 0) is 11.2 Å². The first-order valence-corrected chi connectivity index (χ1v) is 8.61. The molecule has 1 aromatic carbocycles. The van der Waals surface area contributed by atoms with Crippen LogP contribution in [0.2, 0.25) is 0 Å². The highest BCUT2D eigenvalue weighted by Crippen LogP contribution is 2.22. The molecule has 2 aromatic heterocycles. The van der Waals surface area contributed by atoms with Crippen LogP contribution in [0.1, 0.15) is 15.3 Å². The number of anilines is 1. The van der Waals surface area contributed by atoms with Crippen molar-refractivity contribution in [3.05, 3.63) is 75.2 Å². The Kier molecular flexibility index (Phi) is 4.95. The van der Waals surface area contributed by atoms with Crippen LogP contribution >= 0.6 is 22.7 Å². The Morgan fingerprint density at radius 3 is 2.91 bits per heavy atom. The van der Waals surface area contributed by atoms with E-state index >= 15 is 0 Å². The lowest BCUT2D eigenvalue weighted by Gasteiger charge is -1.99. The van der Waals surface area contributed by atoms with E-state index < -0.39 is 0 Å². The van der Waals surface area contributed by atoms with Crippen molar-refractivity contribution in [1.29, 1.82) is 0 Å². The number of halogens is 1. The highest BCUT2D eigenvalue weighted by molar-refractivity contribution is 7.15. The SMILES string of the molecule is O=C(/C=C/c1cccs1)Nc1ncc(Cc2ccccc2F)s1. The molecule has 6 heteroatoms. The van der Waals surface area contributed by atoms with Crippen molar-refractivity contribution in [2.45, 2.75) is 6.42 Å². The van der Waals surface area contributed by atoms with Crippen molar-refractivity contribution in [2.75, 3.05) is 5.32 Å². The van der Waals surface area contributed by atoms with Crippen LogP contribution in [0.4, 0.5) is 9.52 Å². The van der Waals surface area contributed by atoms with E-state index in [-0.39, 0.29) is 11.7 Å². The summed E-state index contributed by atoms with van der Waals surface area (Å²) in [5.41, 5.74) is 0.617. The molecule has 0 saturated heterocycles. The first-order valence-electron chi connectivity index (χ1n) is 6.91. The second-order valence-electron chi connectivity index (χ2n) is 4.74. The molecule has 0 radical (unpaired) electrons. The number of hydrogen-bond acceptors (Lipinski definition) is 4. The fourth-order valence-corrected chi connectivity index (χ4v) is 3.42. The number of rotatable bonds is 5. The predicted molar refractivity (Wildman–Crippen MR) is 93.3 cm³/mol. The minimum Gasteiger partial charge on any atom is -0.298 e. The predicted octanol–water partition coefficient (Wildman–Crippen LogP) is 4.59. The van der Waals surface area contributed by atoms with Gasteiger partial charge in [-0.3, -0.25) is 10.1 Å². The van der Waals surface area contributed by atoms with Gasteiger partial charge in [-0.15, -0.1) is 22.7 Å². The lowest BCUT2D eigenvalue weighted by Crippen LogP contribution is -2.06. The zero-order valence-electron chi connectivity index (χ0n) is 12.0. The molecule has 0 bridgehead atoms. The maximum absolute atomic E-state index is 13.6. The van der Waals surface area contributed by atoms with Crippen molar-refractivity contribution < 1.29 is 9.18 Å². The second-order valence-corrected chi connectivity index (χ2v) is 6.83. The zero-order valence-corrected chi connectivity index (χ0v) is 13.7. The van der Waals surface area contributed by atoms with Crippen molar-refractivity contribution in [3.63, 3.8) is 0 Å².